The third-order valence-corrected chi connectivity index (χ3v) is 27.6. The fourth-order valence-electron chi connectivity index (χ4n) is 13.2. The molecule has 428 valence electrons. The van der Waals surface area contributed by atoms with Crippen LogP contribution in [0.3, 0.4) is 0 Å². The topological polar surface area (TPSA) is 242 Å². The van der Waals surface area contributed by atoms with Gasteiger partial charge in [-0.1, -0.05) is 104 Å². The number of amides is 1. The summed E-state index contributed by atoms with van der Waals surface area (Å²) < 4.78 is 47.0. The molecule has 1 unspecified atom stereocenters. The molecule has 2 saturated carbocycles. The van der Waals surface area contributed by atoms with Crippen LogP contribution in [0.2, 0.25) is 36.3 Å². The minimum atomic E-state index is -2.85. The minimum absolute atomic E-state index is 0.0653. The largest absolute Gasteiger partial charge is 0.456 e. The Morgan fingerprint density at radius 3 is 1.86 bits per heavy atom. The second-order valence-electron chi connectivity index (χ2n) is 22.5. The number of nitrogens with zero attached hydrogens (tertiary/aromatic N) is 1. The van der Waals surface area contributed by atoms with E-state index in [-0.39, 0.29) is 41.0 Å². The second-order valence-corrected chi connectivity index (χ2v) is 31.9. The summed E-state index contributed by atoms with van der Waals surface area (Å²) in [6, 6.07) is 24.3. The molecule has 1 saturated heterocycles. The highest BCUT2D eigenvalue weighted by Crippen LogP contribution is 2.65. The Labute approximate surface area is 465 Å². The van der Waals surface area contributed by atoms with Crippen LogP contribution in [-0.4, -0.2) is 117 Å². The lowest BCUT2D eigenvalue weighted by atomic mass is 9.44. The SMILES string of the molecule is CC[Si](CC)(CC)O[C@H]1C[C@H]2OC[C@@]2(OC(C)=O)[C@H]2[C@H](OC(=O)c3ccccc3)[C@]3(O)C[C@H](OC(=O)[C@H](O[Si](CC)(CC)CC)C(NC(=O)c4ccc([N+](=O)[O-])cc4)c4ccccc4)C(C)=C([C@@H](OC(C)=O)C(=O)[C@]12C)C3(C)C. The van der Waals surface area contributed by atoms with Crippen LogP contribution in [0.15, 0.2) is 96.1 Å². The minimum Gasteiger partial charge on any atom is -0.456 e. The number of carbonyl (C=O) groups is 6. The maximum absolute atomic E-state index is 16.6. The molecule has 1 amide bonds. The van der Waals surface area contributed by atoms with Crippen molar-refractivity contribution in [2.75, 3.05) is 6.61 Å². The Kier molecular flexibility index (Phi) is 18.2. The van der Waals surface area contributed by atoms with E-state index < -0.39 is 134 Å². The number of carbonyl (C=O) groups excluding carboxylic acids is 6. The zero-order valence-electron chi connectivity index (χ0n) is 47.6. The molecule has 7 rings (SSSR count). The Bertz CT molecular complexity index is 2790. The van der Waals surface area contributed by atoms with Gasteiger partial charge in [-0.3, -0.25) is 29.3 Å². The molecule has 3 fully saturated rings. The van der Waals surface area contributed by atoms with Gasteiger partial charge in [0.15, 0.2) is 40.2 Å². The van der Waals surface area contributed by atoms with Crippen LogP contribution in [-0.2, 0) is 51.7 Å². The first-order valence-corrected chi connectivity index (χ1v) is 32.8. The number of nitrogens with one attached hydrogen (secondary N) is 1. The highest BCUT2D eigenvalue weighted by molar-refractivity contribution is 6.74. The molecular weight excluding hydrogens is 1050 g/mol. The van der Waals surface area contributed by atoms with Gasteiger partial charge in [0.25, 0.3) is 11.6 Å². The van der Waals surface area contributed by atoms with E-state index >= 15 is 9.59 Å². The highest BCUT2D eigenvalue weighted by atomic mass is 28.4. The standard InChI is InChI=1S/C59H78N2O16Si2/c1-13-78(14-2,15-3)76-44-33-45-58(35-71-45,75-38(9)63)50-52(74-54(66)41-27-23-20-24-28-41)59(68)34-43(36(7)46(56(59,10)11)48(72-37(8)62)51(64)57(44,50)12)73-55(67)49(77-79(16-4,17-5)18-6)47(39-25-21-19-22-26-39)60-53(65)40-29-31-42(32-30-40)61(69)70/h19-32,43-45,47-50,52,68H,13-18,33-35H2,1-12H3,(H,60,65)/t43-,44-,45+,47?,48+,49+,50-,52-,57+,58-,59+/m0/s1. The van der Waals surface area contributed by atoms with Crippen LogP contribution in [0.1, 0.15) is 128 Å². The first-order chi connectivity index (χ1) is 37.3. The summed E-state index contributed by atoms with van der Waals surface area (Å²) in [5.74, 6) is -6.17. The molecule has 4 aliphatic rings. The van der Waals surface area contributed by atoms with Gasteiger partial charge < -0.3 is 43.0 Å². The van der Waals surface area contributed by atoms with Gasteiger partial charge in [-0.25, -0.2) is 9.59 Å². The number of rotatable bonds is 21. The van der Waals surface area contributed by atoms with Gasteiger partial charge in [0, 0.05) is 49.8 Å². The molecule has 0 radical (unpaired) electrons. The summed E-state index contributed by atoms with van der Waals surface area (Å²) in [6.45, 7) is 20.8. The molecule has 2 bridgehead atoms. The predicted octanol–water partition coefficient (Wildman–Crippen LogP) is 9.70. The summed E-state index contributed by atoms with van der Waals surface area (Å²) in [5, 5.41) is 29.0. The number of ketones is 1. The normalized spacial score (nSPS) is 28.0. The molecule has 79 heavy (non-hydrogen) atoms. The Morgan fingerprint density at radius 1 is 0.785 bits per heavy atom. The maximum atomic E-state index is 16.6. The van der Waals surface area contributed by atoms with E-state index in [1.54, 1.807) is 88.4 Å². The summed E-state index contributed by atoms with van der Waals surface area (Å²) in [4.78, 5) is 99.8. The molecule has 18 nitrogen and oxygen atoms in total. The fraction of sp³-hybridized carbons (Fsp3) is 0.559. The van der Waals surface area contributed by atoms with Crippen molar-refractivity contribution in [3.8, 4) is 0 Å². The third-order valence-electron chi connectivity index (χ3n) is 18.4. The van der Waals surface area contributed by atoms with Gasteiger partial charge in [0.05, 0.1) is 40.6 Å². The number of benzene rings is 3. The van der Waals surface area contributed by atoms with Crippen LogP contribution in [0.4, 0.5) is 5.69 Å². The molecule has 3 aromatic carbocycles. The summed E-state index contributed by atoms with van der Waals surface area (Å²) in [7, 11) is -5.53. The Morgan fingerprint density at radius 2 is 1.35 bits per heavy atom. The van der Waals surface area contributed by atoms with E-state index in [0.29, 0.717) is 41.8 Å². The third kappa shape index (κ3) is 11.0. The van der Waals surface area contributed by atoms with Crippen molar-refractivity contribution in [1.82, 2.24) is 5.32 Å². The molecule has 0 spiro atoms. The lowest BCUT2D eigenvalue weighted by molar-refractivity contribution is -0.384. The summed E-state index contributed by atoms with van der Waals surface area (Å²) in [6.07, 6.45) is -8.88. The number of fused-ring (bicyclic) bond motifs is 5. The molecule has 11 atom stereocenters. The Balaban J connectivity index is 1.48. The van der Waals surface area contributed by atoms with Crippen LogP contribution < -0.4 is 5.32 Å². The smallest absolute Gasteiger partial charge is 0.338 e. The molecular formula is C59H78N2O16Si2. The van der Waals surface area contributed by atoms with E-state index in [1.807, 2.05) is 41.5 Å². The average Bonchev–Trinajstić information content (AvgIpc) is 3.23. The van der Waals surface area contributed by atoms with E-state index in [0.717, 1.165) is 0 Å². The number of nitro benzene ring substituents is 1. The van der Waals surface area contributed by atoms with Gasteiger partial charge in [0.2, 0.25) is 0 Å². The van der Waals surface area contributed by atoms with Gasteiger partial charge in [-0.2, -0.15) is 0 Å². The zero-order valence-corrected chi connectivity index (χ0v) is 49.6. The number of hydrogen-bond acceptors (Lipinski definition) is 16. The molecule has 20 heteroatoms. The molecule has 1 heterocycles. The van der Waals surface area contributed by atoms with E-state index in [4.69, 9.17) is 32.5 Å². The fourth-order valence-corrected chi connectivity index (χ4v) is 18.9. The molecule has 0 aromatic heterocycles. The van der Waals surface area contributed by atoms with Crippen LogP contribution in [0.25, 0.3) is 0 Å². The number of Topliss-reactive ketones (excluding diaryl/α,β-unsaturated/α-hetero) is 1. The summed E-state index contributed by atoms with van der Waals surface area (Å²) in [5.41, 5.74) is -6.85. The number of aliphatic hydroxyl groups is 1. The number of nitro groups is 1. The van der Waals surface area contributed by atoms with Crippen molar-refractivity contribution in [3.05, 3.63) is 123 Å². The average molecular weight is 1130 g/mol. The summed E-state index contributed by atoms with van der Waals surface area (Å²) >= 11 is 0. The lowest BCUT2D eigenvalue weighted by Gasteiger charge is -2.68. The van der Waals surface area contributed by atoms with Crippen LogP contribution >= 0.6 is 0 Å². The number of esters is 4. The highest BCUT2D eigenvalue weighted by Gasteiger charge is 2.79. The van der Waals surface area contributed by atoms with Crippen molar-refractivity contribution in [3.63, 3.8) is 0 Å². The van der Waals surface area contributed by atoms with Crippen LogP contribution in [0.5, 0.6) is 0 Å². The zero-order chi connectivity index (χ0) is 58.0. The van der Waals surface area contributed by atoms with Crippen molar-refractivity contribution in [1.29, 1.82) is 0 Å². The molecule has 2 N–H and O–H groups in total. The molecule has 3 aliphatic carbocycles. The Hall–Kier alpha value is -5.91. The van der Waals surface area contributed by atoms with E-state index in [9.17, 15) is 34.4 Å². The lowest BCUT2D eigenvalue weighted by Crippen LogP contribution is -2.82. The predicted molar refractivity (Wildman–Crippen MR) is 296 cm³/mol. The van der Waals surface area contributed by atoms with Crippen molar-refractivity contribution in [2.24, 2.45) is 16.7 Å². The monoisotopic (exact) mass is 1130 g/mol. The van der Waals surface area contributed by atoms with Crippen molar-refractivity contribution < 1.29 is 71.3 Å². The number of hydrogen-bond donors (Lipinski definition) is 2. The number of non-ortho nitro benzene ring substituents is 1. The first kappa shape index (κ1) is 60.7. The quantitative estimate of drug-likeness (QED) is 0.0252. The van der Waals surface area contributed by atoms with Crippen molar-refractivity contribution in [2.45, 2.75) is 186 Å². The van der Waals surface area contributed by atoms with Crippen LogP contribution in [0, 0.1) is 26.9 Å². The van der Waals surface area contributed by atoms with Gasteiger partial charge in [0.1, 0.15) is 23.9 Å². The van der Waals surface area contributed by atoms with E-state index in [1.165, 1.54) is 38.1 Å². The molecule has 3 aromatic rings. The van der Waals surface area contributed by atoms with Gasteiger partial charge >= 0.3 is 23.9 Å². The second kappa shape index (κ2) is 23.7. The number of ether oxygens (including phenoxy) is 5. The van der Waals surface area contributed by atoms with Crippen molar-refractivity contribution >= 4 is 57.9 Å². The van der Waals surface area contributed by atoms with Gasteiger partial charge in [-0.05, 0) is 91.1 Å². The van der Waals surface area contributed by atoms with Gasteiger partial charge in [-0.15, -0.1) is 0 Å². The first-order valence-electron chi connectivity index (χ1n) is 27.7. The maximum Gasteiger partial charge on any atom is 0.338 e. The molecule has 1 aliphatic heterocycles. The van der Waals surface area contributed by atoms with E-state index in [2.05, 4.69) is 5.32 Å².